The second-order valence-corrected chi connectivity index (χ2v) is 6.50. The number of imide groups is 1. The van der Waals surface area contributed by atoms with Gasteiger partial charge in [-0.3, -0.25) is 24.1 Å². The van der Waals surface area contributed by atoms with Crippen molar-refractivity contribution in [3.8, 4) is 6.07 Å². The lowest BCUT2D eigenvalue weighted by Gasteiger charge is -2.21. The monoisotopic (exact) mass is 390 g/mol. The fourth-order valence-corrected chi connectivity index (χ4v) is 2.96. The van der Waals surface area contributed by atoms with Crippen LogP contribution in [0.1, 0.15) is 39.6 Å². The number of nitrogens with one attached hydrogen (secondary N) is 2. The van der Waals surface area contributed by atoms with Gasteiger partial charge in [-0.05, 0) is 36.8 Å². The Labute approximate surface area is 167 Å². The lowest BCUT2D eigenvalue weighted by atomic mass is 10.1. The fraction of sp³-hybridized carbons (Fsp3) is 0.190. The van der Waals surface area contributed by atoms with Crippen LogP contribution in [0, 0.1) is 11.3 Å². The van der Waals surface area contributed by atoms with E-state index in [2.05, 4.69) is 10.6 Å². The van der Waals surface area contributed by atoms with Gasteiger partial charge in [0.2, 0.25) is 11.8 Å². The van der Waals surface area contributed by atoms with E-state index in [0.717, 1.165) is 10.5 Å². The van der Waals surface area contributed by atoms with Crippen LogP contribution in [-0.4, -0.2) is 34.6 Å². The van der Waals surface area contributed by atoms with E-state index in [4.69, 9.17) is 5.26 Å². The van der Waals surface area contributed by atoms with E-state index in [1.807, 2.05) is 0 Å². The second-order valence-electron chi connectivity index (χ2n) is 6.50. The summed E-state index contributed by atoms with van der Waals surface area (Å²) in [6.07, 6.45) is -0.205. The van der Waals surface area contributed by atoms with Gasteiger partial charge in [0.1, 0.15) is 12.5 Å². The SMILES string of the molecule is CC(C(=O)Nc1ccc(CNC(=O)CC#N)cc1)N1C(=O)c2ccccc2C1=O. The Kier molecular flexibility index (Phi) is 5.69. The van der Waals surface area contributed by atoms with E-state index < -0.39 is 23.8 Å². The predicted molar refractivity (Wildman–Crippen MR) is 104 cm³/mol. The Morgan fingerprint density at radius 1 is 1.03 bits per heavy atom. The van der Waals surface area contributed by atoms with Crippen LogP contribution in [-0.2, 0) is 16.1 Å². The molecule has 2 aromatic carbocycles. The molecule has 0 bridgehead atoms. The van der Waals surface area contributed by atoms with Gasteiger partial charge in [0.25, 0.3) is 11.8 Å². The van der Waals surface area contributed by atoms with Crippen molar-refractivity contribution >= 4 is 29.3 Å². The Morgan fingerprint density at radius 2 is 1.62 bits per heavy atom. The Balaban J connectivity index is 1.62. The molecule has 2 aromatic rings. The first-order valence-electron chi connectivity index (χ1n) is 8.92. The number of carbonyl (C=O) groups excluding carboxylic acids is 4. The first kappa shape index (κ1) is 19.8. The van der Waals surface area contributed by atoms with Gasteiger partial charge in [-0.2, -0.15) is 5.26 Å². The molecular weight excluding hydrogens is 372 g/mol. The van der Waals surface area contributed by atoms with E-state index >= 15 is 0 Å². The van der Waals surface area contributed by atoms with Crippen LogP contribution >= 0.6 is 0 Å². The first-order chi connectivity index (χ1) is 13.9. The van der Waals surface area contributed by atoms with Crippen LogP contribution < -0.4 is 10.6 Å². The average molecular weight is 390 g/mol. The molecule has 4 amide bonds. The van der Waals surface area contributed by atoms with Crippen molar-refractivity contribution in [2.45, 2.75) is 25.9 Å². The number of anilines is 1. The van der Waals surface area contributed by atoms with Gasteiger partial charge in [0.15, 0.2) is 0 Å². The molecule has 29 heavy (non-hydrogen) atoms. The minimum Gasteiger partial charge on any atom is -0.351 e. The molecule has 3 rings (SSSR count). The molecule has 1 atom stereocenters. The van der Waals surface area contributed by atoms with Gasteiger partial charge in [-0.25, -0.2) is 0 Å². The minimum atomic E-state index is -0.979. The summed E-state index contributed by atoms with van der Waals surface area (Å²) < 4.78 is 0. The number of carbonyl (C=O) groups is 4. The molecule has 8 heteroatoms. The van der Waals surface area contributed by atoms with Crippen LogP contribution in [0.4, 0.5) is 5.69 Å². The van der Waals surface area contributed by atoms with Gasteiger partial charge in [-0.15, -0.1) is 0 Å². The standard InChI is InChI=1S/C21H18N4O4/c1-13(25-20(28)16-4-2-3-5-17(16)21(25)29)19(27)24-15-8-6-14(7-9-15)12-23-18(26)10-11-22/h2-9,13H,10,12H2,1H3,(H,23,26)(H,24,27). The zero-order valence-electron chi connectivity index (χ0n) is 15.6. The van der Waals surface area contributed by atoms with Crippen molar-refractivity contribution in [3.05, 3.63) is 65.2 Å². The number of nitrogens with zero attached hydrogens (tertiary/aromatic N) is 2. The number of fused-ring (bicyclic) bond motifs is 1. The highest BCUT2D eigenvalue weighted by Gasteiger charge is 2.40. The van der Waals surface area contributed by atoms with Gasteiger partial charge in [-0.1, -0.05) is 24.3 Å². The molecule has 1 aliphatic heterocycles. The van der Waals surface area contributed by atoms with Gasteiger partial charge in [0, 0.05) is 12.2 Å². The summed E-state index contributed by atoms with van der Waals surface area (Å²) >= 11 is 0. The van der Waals surface area contributed by atoms with Crippen molar-refractivity contribution in [2.75, 3.05) is 5.32 Å². The topological polar surface area (TPSA) is 119 Å². The van der Waals surface area contributed by atoms with E-state index in [1.165, 1.54) is 6.92 Å². The third kappa shape index (κ3) is 4.14. The highest BCUT2D eigenvalue weighted by Crippen LogP contribution is 2.25. The van der Waals surface area contributed by atoms with Crippen LogP contribution in [0.5, 0.6) is 0 Å². The third-order valence-corrected chi connectivity index (χ3v) is 4.54. The summed E-state index contributed by atoms with van der Waals surface area (Å²) in [7, 11) is 0. The van der Waals surface area contributed by atoms with E-state index in [9.17, 15) is 19.2 Å². The lowest BCUT2D eigenvalue weighted by Crippen LogP contribution is -2.45. The van der Waals surface area contributed by atoms with Crippen molar-refractivity contribution in [1.29, 1.82) is 5.26 Å². The number of nitriles is 1. The molecule has 1 aliphatic rings. The van der Waals surface area contributed by atoms with Crippen molar-refractivity contribution in [2.24, 2.45) is 0 Å². The molecule has 2 N–H and O–H groups in total. The molecular formula is C21H18N4O4. The summed E-state index contributed by atoms with van der Waals surface area (Å²) in [6, 6.07) is 14.0. The Hall–Kier alpha value is -3.99. The van der Waals surface area contributed by atoms with Crippen LogP contribution in [0.25, 0.3) is 0 Å². The van der Waals surface area contributed by atoms with Crippen LogP contribution in [0.2, 0.25) is 0 Å². The molecule has 0 radical (unpaired) electrons. The van der Waals surface area contributed by atoms with Gasteiger partial charge in [0.05, 0.1) is 17.2 Å². The summed E-state index contributed by atoms with van der Waals surface area (Å²) in [5.41, 5.74) is 1.87. The fourth-order valence-electron chi connectivity index (χ4n) is 2.96. The molecule has 0 spiro atoms. The zero-order chi connectivity index (χ0) is 21.0. The van der Waals surface area contributed by atoms with Crippen LogP contribution in [0.3, 0.4) is 0 Å². The summed E-state index contributed by atoms with van der Waals surface area (Å²) in [4.78, 5) is 49.8. The number of amides is 4. The molecule has 0 fully saturated rings. The number of benzene rings is 2. The number of hydrogen-bond donors (Lipinski definition) is 2. The molecule has 0 aromatic heterocycles. The van der Waals surface area contributed by atoms with E-state index in [0.29, 0.717) is 16.8 Å². The highest BCUT2D eigenvalue weighted by molar-refractivity contribution is 6.23. The zero-order valence-corrected chi connectivity index (χ0v) is 15.6. The maximum Gasteiger partial charge on any atom is 0.262 e. The summed E-state index contributed by atoms with van der Waals surface area (Å²) in [5.74, 6) is -1.83. The van der Waals surface area contributed by atoms with Crippen molar-refractivity contribution < 1.29 is 19.2 Å². The molecule has 0 saturated heterocycles. The van der Waals surface area contributed by atoms with Crippen LogP contribution in [0.15, 0.2) is 48.5 Å². The average Bonchev–Trinajstić information content (AvgIpc) is 2.98. The van der Waals surface area contributed by atoms with E-state index in [-0.39, 0.29) is 18.9 Å². The first-order valence-corrected chi connectivity index (χ1v) is 8.92. The summed E-state index contributed by atoms with van der Waals surface area (Å²) in [6.45, 7) is 1.76. The second kappa shape index (κ2) is 8.35. The van der Waals surface area contributed by atoms with Gasteiger partial charge < -0.3 is 10.6 Å². The van der Waals surface area contributed by atoms with Gasteiger partial charge >= 0.3 is 0 Å². The number of rotatable bonds is 6. The summed E-state index contributed by atoms with van der Waals surface area (Å²) in [5, 5.41) is 13.8. The minimum absolute atomic E-state index is 0.205. The van der Waals surface area contributed by atoms with Crippen molar-refractivity contribution in [1.82, 2.24) is 10.2 Å². The highest BCUT2D eigenvalue weighted by atomic mass is 16.2. The van der Waals surface area contributed by atoms with Crippen molar-refractivity contribution in [3.63, 3.8) is 0 Å². The normalized spacial score (nSPS) is 13.4. The quantitative estimate of drug-likeness (QED) is 0.730. The molecule has 1 heterocycles. The van der Waals surface area contributed by atoms with E-state index in [1.54, 1.807) is 54.6 Å². The molecule has 0 saturated carbocycles. The molecule has 0 aliphatic carbocycles. The third-order valence-electron chi connectivity index (χ3n) is 4.54. The smallest absolute Gasteiger partial charge is 0.262 e. The molecule has 8 nitrogen and oxygen atoms in total. The predicted octanol–water partition coefficient (Wildman–Crippen LogP) is 1.84. The Morgan fingerprint density at radius 3 is 2.17 bits per heavy atom. The maximum atomic E-state index is 12.6. The number of hydrogen-bond acceptors (Lipinski definition) is 5. The molecule has 1 unspecified atom stereocenters. The molecule has 146 valence electrons. The lowest BCUT2D eigenvalue weighted by molar-refractivity contribution is -0.120. The Bertz CT molecular complexity index is 989. The maximum absolute atomic E-state index is 12.6. The largest absolute Gasteiger partial charge is 0.351 e.